The molecule has 2 aromatic rings. The lowest BCUT2D eigenvalue weighted by Crippen LogP contribution is -2.49. The lowest BCUT2D eigenvalue weighted by Gasteiger charge is -2.35. The maximum Gasteiger partial charge on any atom is 0.254 e. The lowest BCUT2D eigenvalue weighted by molar-refractivity contribution is 0.0745. The number of hydrogen-bond acceptors (Lipinski definition) is 6. The van der Waals surface area contributed by atoms with E-state index >= 15 is 0 Å². The average Bonchev–Trinajstić information content (AvgIpc) is 2.76. The van der Waals surface area contributed by atoms with Crippen LogP contribution in [0.2, 0.25) is 5.15 Å². The van der Waals surface area contributed by atoms with Gasteiger partial charge in [0.1, 0.15) is 11.0 Å². The van der Waals surface area contributed by atoms with Crippen LogP contribution in [0.5, 0.6) is 17.2 Å². The number of benzene rings is 1. The fourth-order valence-corrected chi connectivity index (χ4v) is 3.57. The predicted molar refractivity (Wildman–Crippen MR) is 117 cm³/mol. The summed E-state index contributed by atoms with van der Waals surface area (Å²) in [5.41, 5.74) is 0.527. The number of pyridine rings is 1. The molecule has 0 unspecified atom stereocenters. The summed E-state index contributed by atoms with van der Waals surface area (Å²) in [5, 5.41) is 0.465. The van der Waals surface area contributed by atoms with Crippen LogP contribution in [0.1, 0.15) is 31.1 Å². The zero-order valence-electron chi connectivity index (χ0n) is 17.7. The second-order valence-corrected chi connectivity index (χ2v) is 7.09. The molecule has 2 heterocycles. The Kier molecular flexibility index (Phi) is 7.63. The summed E-state index contributed by atoms with van der Waals surface area (Å²) in [6.45, 7) is 9.66. The quantitative estimate of drug-likeness (QED) is 0.588. The molecule has 30 heavy (non-hydrogen) atoms. The van der Waals surface area contributed by atoms with Crippen LogP contribution in [0.25, 0.3) is 0 Å². The highest BCUT2D eigenvalue weighted by atomic mass is 35.5. The fourth-order valence-electron chi connectivity index (χ4n) is 3.41. The van der Waals surface area contributed by atoms with Crippen LogP contribution in [0.4, 0.5) is 5.82 Å². The van der Waals surface area contributed by atoms with Crippen molar-refractivity contribution in [2.45, 2.75) is 20.8 Å². The standard InChI is InChI=1S/C22H28ClN3O4/c1-4-28-17-14-16(15-18(29-5-2)21(17)30-6-3)22(27)26-12-10-25(11-13-26)20-9-7-8-19(23)24-20/h7-9,14-15H,4-6,10-13H2,1-3H3. The lowest BCUT2D eigenvalue weighted by atomic mass is 10.1. The third-order valence-corrected chi connectivity index (χ3v) is 4.96. The minimum absolute atomic E-state index is 0.0568. The zero-order valence-corrected chi connectivity index (χ0v) is 18.4. The number of rotatable bonds is 8. The van der Waals surface area contributed by atoms with Gasteiger partial charge >= 0.3 is 0 Å². The van der Waals surface area contributed by atoms with Crippen molar-refractivity contribution in [3.8, 4) is 17.2 Å². The van der Waals surface area contributed by atoms with E-state index in [1.807, 2.05) is 37.8 Å². The fraction of sp³-hybridized carbons (Fsp3) is 0.455. The minimum Gasteiger partial charge on any atom is -0.490 e. The zero-order chi connectivity index (χ0) is 21.5. The highest BCUT2D eigenvalue weighted by Gasteiger charge is 2.25. The first-order valence-corrected chi connectivity index (χ1v) is 10.7. The second-order valence-electron chi connectivity index (χ2n) is 6.70. The van der Waals surface area contributed by atoms with Crippen molar-refractivity contribution in [3.05, 3.63) is 41.0 Å². The number of piperazine rings is 1. The molecule has 1 aromatic heterocycles. The van der Waals surface area contributed by atoms with Gasteiger partial charge in [-0.2, -0.15) is 0 Å². The largest absolute Gasteiger partial charge is 0.490 e. The van der Waals surface area contributed by atoms with Crippen LogP contribution in [-0.4, -0.2) is 61.8 Å². The third kappa shape index (κ3) is 5.08. The summed E-state index contributed by atoms with van der Waals surface area (Å²) in [5.74, 6) is 2.35. The van der Waals surface area contributed by atoms with Gasteiger partial charge in [-0.1, -0.05) is 17.7 Å². The molecule has 162 valence electrons. The van der Waals surface area contributed by atoms with Crippen molar-refractivity contribution in [1.82, 2.24) is 9.88 Å². The number of carbonyl (C=O) groups is 1. The molecule has 0 spiro atoms. The van der Waals surface area contributed by atoms with E-state index in [0.29, 0.717) is 74.0 Å². The van der Waals surface area contributed by atoms with Crippen molar-refractivity contribution in [3.63, 3.8) is 0 Å². The second kappa shape index (κ2) is 10.4. The monoisotopic (exact) mass is 433 g/mol. The first-order valence-electron chi connectivity index (χ1n) is 10.3. The van der Waals surface area contributed by atoms with Crippen LogP contribution < -0.4 is 19.1 Å². The molecule has 1 aromatic carbocycles. The van der Waals surface area contributed by atoms with Gasteiger partial charge in [0.2, 0.25) is 5.75 Å². The van der Waals surface area contributed by atoms with Gasteiger partial charge in [0.05, 0.1) is 19.8 Å². The van der Waals surface area contributed by atoms with Crippen LogP contribution in [-0.2, 0) is 0 Å². The topological polar surface area (TPSA) is 64.1 Å². The molecule has 1 amide bonds. The predicted octanol–water partition coefficient (Wildman–Crippen LogP) is 3.89. The summed E-state index contributed by atoms with van der Waals surface area (Å²) in [4.78, 5) is 21.5. The summed E-state index contributed by atoms with van der Waals surface area (Å²) in [6.07, 6.45) is 0. The summed E-state index contributed by atoms with van der Waals surface area (Å²) < 4.78 is 17.2. The molecule has 0 atom stereocenters. The molecule has 1 aliphatic heterocycles. The molecular weight excluding hydrogens is 406 g/mol. The molecule has 0 bridgehead atoms. The van der Waals surface area contributed by atoms with E-state index in [1.54, 1.807) is 18.2 Å². The normalized spacial score (nSPS) is 13.9. The van der Waals surface area contributed by atoms with Crippen molar-refractivity contribution in [2.24, 2.45) is 0 Å². The molecule has 0 N–H and O–H groups in total. The van der Waals surface area contributed by atoms with E-state index < -0.39 is 0 Å². The molecule has 0 radical (unpaired) electrons. The van der Waals surface area contributed by atoms with Gasteiger partial charge in [-0.25, -0.2) is 4.98 Å². The van der Waals surface area contributed by atoms with E-state index in [0.717, 1.165) is 5.82 Å². The van der Waals surface area contributed by atoms with Gasteiger partial charge in [-0.05, 0) is 45.0 Å². The van der Waals surface area contributed by atoms with Crippen molar-refractivity contribution < 1.29 is 19.0 Å². The summed E-state index contributed by atoms with van der Waals surface area (Å²) in [6, 6.07) is 9.04. The number of halogens is 1. The Balaban J connectivity index is 1.77. The Hall–Kier alpha value is -2.67. The van der Waals surface area contributed by atoms with E-state index in [2.05, 4.69) is 9.88 Å². The summed E-state index contributed by atoms with van der Waals surface area (Å²) >= 11 is 6.00. The Labute approximate surface area is 182 Å². The number of carbonyl (C=O) groups excluding carboxylic acids is 1. The Bertz CT molecular complexity index is 842. The van der Waals surface area contributed by atoms with Crippen LogP contribution >= 0.6 is 11.6 Å². The smallest absolute Gasteiger partial charge is 0.254 e. The highest BCUT2D eigenvalue weighted by molar-refractivity contribution is 6.29. The molecule has 0 aliphatic carbocycles. The number of anilines is 1. The van der Waals surface area contributed by atoms with Crippen LogP contribution in [0, 0.1) is 0 Å². The number of amides is 1. The van der Waals surface area contributed by atoms with Crippen LogP contribution in [0.15, 0.2) is 30.3 Å². The Morgan fingerprint density at radius 1 is 0.967 bits per heavy atom. The van der Waals surface area contributed by atoms with Gasteiger partial charge in [0.15, 0.2) is 11.5 Å². The molecule has 7 nitrogen and oxygen atoms in total. The van der Waals surface area contributed by atoms with Crippen LogP contribution in [0.3, 0.4) is 0 Å². The summed E-state index contributed by atoms with van der Waals surface area (Å²) in [7, 11) is 0. The van der Waals surface area contributed by atoms with E-state index in [-0.39, 0.29) is 5.91 Å². The van der Waals surface area contributed by atoms with Gasteiger partial charge < -0.3 is 24.0 Å². The Morgan fingerprint density at radius 2 is 1.57 bits per heavy atom. The first kappa shape index (κ1) is 22.0. The molecule has 3 rings (SSSR count). The van der Waals surface area contributed by atoms with E-state index in [4.69, 9.17) is 25.8 Å². The average molecular weight is 434 g/mol. The van der Waals surface area contributed by atoms with Gasteiger partial charge in [0.25, 0.3) is 5.91 Å². The maximum atomic E-state index is 13.2. The molecule has 1 fully saturated rings. The third-order valence-electron chi connectivity index (χ3n) is 4.75. The molecule has 8 heteroatoms. The maximum absolute atomic E-state index is 13.2. The van der Waals surface area contributed by atoms with Crippen molar-refractivity contribution in [1.29, 1.82) is 0 Å². The first-order chi connectivity index (χ1) is 14.6. The van der Waals surface area contributed by atoms with Gasteiger partial charge in [0, 0.05) is 31.7 Å². The van der Waals surface area contributed by atoms with E-state index in [9.17, 15) is 4.79 Å². The molecule has 1 saturated heterocycles. The minimum atomic E-state index is -0.0568. The van der Waals surface area contributed by atoms with E-state index in [1.165, 1.54) is 0 Å². The van der Waals surface area contributed by atoms with Crippen molar-refractivity contribution in [2.75, 3.05) is 50.9 Å². The molecular formula is C22H28ClN3O4. The number of aromatic nitrogens is 1. The molecule has 0 saturated carbocycles. The van der Waals surface area contributed by atoms with Crippen molar-refractivity contribution >= 4 is 23.3 Å². The number of ether oxygens (including phenoxy) is 3. The number of nitrogens with zero attached hydrogens (tertiary/aromatic N) is 3. The van der Waals surface area contributed by atoms with Gasteiger partial charge in [-0.15, -0.1) is 0 Å². The highest BCUT2D eigenvalue weighted by Crippen LogP contribution is 2.39. The molecule has 1 aliphatic rings. The number of hydrogen-bond donors (Lipinski definition) is 0. The Morgan fingerprint density at radius 3 is 2.10 bits per heavy atom. The SMILES string of the molecule is CCOc1cc(C(=O)N2CCN(c3cccc(Cl)n3)CC2)cc(OCC)c1OCC. The van der Waals surface area contributed by atoms with Gasteiger partial charge in [-0.3, -0.25) is 4.79 Å².